The van der Waals surface area contributed by atoms with Crippen molar-refractivity contribution in [1.82, 2.24) is 19.7 Å². The third-order valence-electron chi connectivity index (χ3n) is 4.48. The minimum absolute atomic E-state index is 0.133. The summed E-state index contributed by atoms with van der Waals surface area (Å²) in [6.07, 6.45) is 5.34. The number of halogens is 1. The van der Waals surface area contributed by atoms with Gasteiger partial charge in [-0.05, 0) is 31.9 Å². The number of rotatable bonds is 4. The van der Waals surface area contributed by atoms with E-state index >= 15 is 0 Å². The second kappa shape index (κ2) is 7.74. The molecule has 138 valence electrons. The maximum Gasteiger partial charge on any atom is 0.407 e. The Morgan fingerprint density at radius 2 is 2.27 bits per heavy atom. The third kappa shape index (κ3) is 3.65. The number of carbonyl (C=O) groups is 2. The van der Waals surface area contributed by atoms with Crippen LogP contribution in [0.5, 0.6) is 0 Å². The Hall–Kier alpha value is -2.61. The van der Waals surface area contributed by atoms with Gasteiger partial charge < -0.3 is 14.9 Å². The van der Waals surface area contributed by atoms with Gasteiger partial charge in [0.15, 0.2) is 5.15 Å². The number of carboxylic acid groups (broad SMARTS) is 1. The summed E-state index contributed by atoms with van der Waals surface area (Å²) < 4.78 is 1.57. The minimum atomic E-state index is -0.993. The van der Waals surface area contributed by atoms with Gasteiger partial charge >= 0.3 is 6.09 Å². The number of amides is 2. The molecule has 0 bridgehead atoms. The van der Waals surface area contributed by atoms with Gasteiger partial charge in [-0.2, -0.15) is 5.10 Å². The fourth-order valence-electron chi connectivity index (χ4n) is 3.16. The second-order valence-electron chi connectivity index (χ2n) is 6.11. The molecule has 1 atom stereocenters. The lowest BCUT2D eigenvalue weighted by molar-refractivity contribution is -0.123. The van der Waals surface area contributed by atoms with Gasteiger partial charge in [-0.15, -0.1) is 0 Å². The zero-order valence-corrected chi connectivity index (χ0v) is 15.1. The first kappa shape index (κ1) is 18.2. The molecule has 0 aromatic carbocycles. The molecule has 3 rings (SSSR count). The largest absolute Gasteiger partial charge is 0.465 e. The number of hydrogen-bond acceptors (Lipinski definition) is 4. The van der Waals surface area contributed by atoms with Crippen molar-refractivity contribution in [3.63, 3.8) is 0 Å². The van der Waals surface area contributed by atoms with Crippen LogP contribution in [0, 0.1) is 5.92 Å². The number of carbonyl (C=O) groups excluding carboxylic acids is 1. The van der Waals surface area contributed by atoms with Gasteiger partial charge in [-0.1, -0.05) is 11.6 Å². The summed E-state index contributed by atoms with van der Waals surface area (Å²) in [7, 11) is 0. The summed E-state index contributed by atoms with van der Waals surface area (Å²) in [6.45, 7) is 2.94. The minimum Gasteiger partial charge on any atom is -0.465 e. The second-order valence-corrected chi connectivity index (χ2v) is 6.47. The fourth-order valence-corrected chi connectivity index (χ4v) is 3.40. The number of nitrogens with zero attached hydrogens (tertiary/aromatic N) is 5. The molecular weight excluding hydrogens is 358 g/mol. The molecule has 1 saturated heterocycles. The van der Waals surface area contributed by atoms with E-state index in [0.717, 1.165) is 5.69 Å². The molecule has 3 heterocycles. The van der Waals surface area contributed by atoms with E-state index in [1.54, 1.807) is 34.2 Å². The van der Waals surface area contributed by atoms with Crippen molar-refractivity contribution >= 4 is 29.3 Å². The van der Waals surface area contributed by atoms with Crippen LogP contribution < -0.4 is 4.90 Å². The SMILES string of the molecule is CCN(C(=O)C1CCCN(C(=O)O)C1)c1cn(-c2cccnc2)nc1Cl. The van der Waals surface area contributed by atoms with E-state index in [4.69, 9.17) is 11.6 Å². The molecule has 9 heteroatoms. The molecule has 0 saturated carbocycles. The van der Waals surface area contributed by atoms with E-state index < -0.39 is 6.09 Å². The Morgan fingerprint density at radius 3 is 2.92 bits per heavy atom. The smallest absolute Gasteiger partial charge is 0.407 e. The van der Waals surface area contributed by atoms with Gasteiger partial charge in [0.25, 0.3) is 0 Å². The van der Waals surface area contributed by atoms with Crippen molar-refractivity contribution in [2.45, 2.75) is 19.8 Å². The number of likely N-dealkylation sites (tertiary alicyclic amines) is 1. The highest BCUT2D eigenvalue weighted by Crippen LogP contribution is 2.29. The number of aromatic nitrogens is 3. The first-order valence-corrected chi connectivity index (χ1v) is 8.84. The summed E-state index contributed by atoms with van der Waals surface area (Å²) in [5.41, 5.74) is 1.24. The highest BCUT2D eigenvalue weighted by Gasteiger charge is 2.32. The zero-order valence-electron chi connectivity index (χ0n) is 14.4. The quantitative estimate of drug-likeness (QED) is 0.884. The third-order valence-corrected chi connectivity index (χ3v) is 4.75. The van der Waals surface area contributed by atoms with Crippen LogP contribution in [0.25, 0.3) is 5.69 Å². The molecule has 0 aliphatic carbocycles. The van der Waals surface area contributed by atoms with E-state index in [1.807, 2.05) is 13.0 Å². The topological polar surface area (TPSA) is 91.6 Å². The predicted molar refractivity (Wildman–Crippen MR) is 96.7 cm³/mol. The van der Waals surface area contributed by atoms with Gasteiger partial charge in [0.05, 0.1) is 24.0 Å². The van der Waals surface area contributed by atoms with E-state index in [0.29, 0.717) is 31.6 Å². The summed E-state index contributed by atoms with van der Waals surface area (Å²) in [5, 5.41) is 13.7. The Kier molecular flexibility index (Phi) is 5.41. The zero-order chi connectivity index (χ0) is 18.7. The molecule has 1 unspecified atom stereocenters. The summed E-state index contributed by atoms with van der Waals surface area (Å²) >= 11 is 6.28. The average molecular weight is 378 g/mol. The number of piperidine rings is 1. The number of pyridine rings is 1. The molecule has 26 heavy (non-hydrogen) atoms. The van der Waals surface area contributed by atoms with E-state index in [-0.39, 0.29) is 23.5 Å². The molecule has 1 fully saturated rings. The van der Waals surface area contributed by atoms with E-state index in [2.05, 4.69) is 10.1 Å². The van der Waals surface area contributed by atoms with Crippen molar-refractivity contribution in [2.75, 3.05) is 24.5 Å². The molecule has 1 N–H and O–H groups in total. The van der Waals surface area contributed by atoms with Crippen LogP contribution in [0.3, 0.4) is 0 Å². The summed E-state index contributed by atoms with van der Waals surface area (Å²) in [5.74, 6) is -0.510. The Morgan fingerprint density at radius 1 is 1.46 bits per heavy atom. The molecule has 0 spiro atoms. The van der Waals surface area contributed by atoms with Gasteiger partial charge in [-0.25, -0.2) is 9.48 Å². The lowest BCUT2D eigenvalue weighted by Gasteiger charge is -2.32. The van der Waals surface area contributed by atoms with Gasteiger partial charge in [-0.3, -0.25) is 9.78 Å². The predicted octanol–water partition coefficient (Wildman–Crippen LogP) is 2.66. The standard InChI is InChI=1S/C17H20ClN5O3/c1-2-22(16(24)12-5-4-8-21(10-12)17(25)26)14-11-23(20-15(14)18)13-6-3-7-19-9-13/h3,6-7,9,11-12H,2,4-5,8,10H2,1H3,(H,25,26). The van der Waals surface area contributed by atoms with Crippen LogP contribution in [0.1, 0.15) is 19.8 Å². The van der Waals surface area contributed by atoms with E-state index in [1.165, 1.54) is 4.90 Å². The molecule has 1 aliphatic heterocycles. The fraction of sp³-hybridized carbons (Fsp3) is 0.412. The molecule has 2 aromatic rings. The van der Waals surface area contributed by atoms with E-state index in [9.17, 15) is 14.7 Å². The van der Waals surface area contributed by atoms with Gasteiger partial charge in [0.2, 0.25) is 5.91 Å². The lowest BCUT2D eigenvalue weighted by atomic mass is 9.96. The van der Waals surface area contributed by atoms with Crippen LogP contribution in [0.2, 0.25) is 5.15 Å². The Balaban J connectivity index is 1.83. The van der Waals surface area contributed by atoms with Crippen molar-refractivity contribution in [3.8, 4) is 5.69 Å². The Labute approximate surface area is 156 Å². The maximum atomic E-state index is 13.0. The molecular formula is C17H20ClN5O3. The maximum absolute atomic E-state index is 13.0. The van der Waals surface area contributed by atoms with Crippen molar-refractivity contribution < 1.29 is 14.7 Å². The van der Waals surface area contributed by atoms with Crippen LogP contribution in [-0.4, -0.2) is 56.4 Å². The molecule has 8 nitrogen and oxygen atoms in total. The molecule has 1 aliphatic rings. The van der Waals surface area contributed by atoms with Crippen LogP contribution in [0.4, 0.5) is 10.5 Å². The molecule has 0 radical (unpaired) electrons. The van der Waals surface area contributed by atoms with Crippen LogP contribution >= 0.6 is 11.6 Å². The van der Waals surface area contributed by atoms with Gasteiger partial charge in [0, 0.05) is 25.8 Å². The van der Waals surface area contributed by atoms with Gasteiger partial charge in [0.1, 0.15) is 5.69 Å². The summed E-state index contributed by atoms with van der Waals surface area (Å²) in [4.78, 5) is 31.1. The first-order chi connectivity index (χ1) is 12.5. The number of anilines is 1. The number of hydrogen-bond donors (Lipinski definition) is 1. The van der Waals surface area contributed by atoms with Crippen molar-refractivity contribution in [1.29, 1.82) is 0 Å². The monoisotopic (exact) mass is 377 g/mol. The highest BCUT2D eigenvalue weighted by molar-refractivity contribution is 6.32. The first-order valence-electron chi connectivity index (χ1n) is 8.46. The molecule has 2 aromatic heterocycles. The Bertz CT molecular complexity index is 795. The van der Waals surface area contributed by atoms with Crippen molar-refractivity contribution in [2.24, 2.45) is 5.92 Å². The normalized spacial score (nSPS) is 17.2. The van der Waals surface area contributed by atoms with Crippen LogP contribution in [-0.2, 0) is 4.79 Å². The average Bonchev–Trinajstić information content (AvgIpc) is 3.04. The summed E-state index contributed by atoms with van der Waals surface area (Å²) in [6, 6.07) is 3.62. The lowest BCUT2D eigenvalue weighted by Crippen LogP contribution is -2.46. The highest BCUT2D eigenvalue weighted by atomic mass is 35.5. The van der Waals surface area contributed by atoms with Crippen molar-refractivity contribution in [3.05, 3.63) is 35.9 Å². The molecule has 2 amide bonds. The van der Waals surface area contributed by atoms with Crippen LogP contribution in [0.15, 0.2) is 30.7 Å².